The predicted octanol–water partition coefficient (Wildman–Crippen LogP) is 10.4. The van der Waals surface area contributed by atoms with Gasteiger partial charge in [-0.2, -0.15) is 0 Å². The monoisotopic (exact) mass is 892 g/mol. The van der Waals surface area contributed by atoms with Crippen LogP contribution in [-0.4, -0.2) is 86.5 Å². The van der Waals surface area contributed by atoms with E-state index in [4.69, 9.17) is 29.2 Å². The third-order valence-electron chi connectivity index (χ3n) is 12.4. The van der Waals surface area contributed by atoms with Gasteiger partial charge in [0.25, 0.3) is 0 Å². The first kappa shape index (κ1) is 43.6. The van der Waals surface area contributed by atoms with Crippen LogP contribution in [0.5, 0.6) is 11.5 Å². The van der Waals surface area contributed by atoms with Gasteiger partial charge in [0.05, 0.1) is 31.2 Å². The van der Waals surface area contributed by atoms with E-state index in [0.717, 1.165) is 118 Å². The maximum atomic E-state index is 6.72. The summed E-state index contributed by atoms with van der Waals surface area (Å²) in [4.78, 5) is 21.8. The molecule has 4 aromatic carbocycles. The summed E-state index contributed by atoms with van der Waals surface area (Å²) in [6.45, 7) is 12.3. The van der Waals surface area contributed by atoms with Crippen molar-refractivity contribution in [2.75, 3.05) is 63.2 Å². The lowest BCUT2D eigenvalue weighted by molar-refractivity contribution is 0.145. The van der Waals surface area contributed by atoms with E-state index in [9.17, 15) is 0 Å². The van der Waals surface area contributed by atoms with Crippen molar-refractivity contribution < 1.29 is 14.2 Å². The van der Waals surface area contributed by atoms with Gasteiger partial charge in [0.1, 0.15) is 18.1 Å². The third-order valence-corrected chi connectivity index (χ3v) is 12.4. The van der Waals surface area contributed by atoms with E-state index >= 15 is 0 Å². The molecule has 0 saturated heterocycles. The van der Waals surface area contributed by atoms with E-state index in [1.54, 1.807) is 6.20 Å². The van der Waals surface area contributed by atoms with Gasteiger partial charge in [0.15, 0.2) is 0 Å². The SMILES string of the molecule is CCN(CC)CCNCCOc1cc(-c2cn3c4cc(ccc24)-c2ccnc(n2)Nc2cccc(c2)OCC/C=C\C3)c2cc1COC/C=C/Cn1ccc3ccc(cc31)-c1ccnc(n1)N2. The van der Waals surface area contributed by atoms with Gasteiger partial charge < -0.3 is 44.2 Å². The number of rotatable bonds is 10. The van der Waals surface area contributed by atoms with Crippen LogP contribution in [0.1, 0.15) is 25.8 Å². The molecule has 12 bridgehead atoms. The highest BCUT2D eigenvalue weighted by molar-refractivity contribution is 6.01. The molecule has 67 heavy (non-hydrogen) atoms. The first-order valence-electron chi connectivity index (χ1n) is 23.3. The Morgan fingerprint density at radius 1 is 0.746 bits per heavy atom. The standard InChI is InChI=1S/C54H56N10O3/c1-3-62(4-2)27-22-55-23-30-67-52-35-45(49-31-41(52)37-65-28-9-7-24-63-26-19-38-13-14-39(32-50(38)63)47-18-21-57-54(60-47)61-49)46-36-64-25-6-5-8-29-66-43-12-10-11-42(34-43)58-53-56-20-17-48(59-53)40-15-16-44(46)51(64)33-40/h5-7,9-21,26,31-36,55H,3-4,8,22-25,27-30,37H2,1-2H3,(H,56,58,59)(H,57,60,61)/b6-5-,9-7+. The van der Waals surface area contributed by atoms with Gasteiger partial charge in [0, 0.05) is 119 Å². The number of nitrogens with one attached hydrogen (secondary N) is 3. The Kier molecular flexibility index (Phi) is 13.3. The molecule has 0 unspecified atom stereocenters. The summed E-state index contributed by atoms with van der Waals surface area (Å²) in [5.41, 5.74) is 10.4. The fourth-order valence-corrected chi connectivity index (χ4v) is 8.77. The molecule has 0 saturated carbocycles. The van der Waals surface area contributed by atoms with Gasteiger partial charge in [-0.05, 0) is 79.5 Å². The quantitative estimate of drug-likeness (QED) is 0.0897. The number of likely N-dealkylation sites (N-methyl/N-ethyl adjacent to an activating group) is 1. The topological polar surface area (TPSA) is 128 Å². The Balaban J connectivity index is 1.07. The normalized spacial score (nSPS) is 14.9. The summed E-state index contributed by atoms with van der Waals surface area (Å²) < 4.78 is 23.8. The second-order valence-electron chi connectivity index (χ2n) is 16.7. The van der Waals surface area contributed by atoms with E-state index < -0.39 is 0 Å². The average molecular weight is 893 g/mol. The summed E-state index contributed by atoms with van der Waals surface area (Å²) >= 11 is 0. The van der Waals surface area contributed by atoms with Crippen LogP contribution >= 0.6 is 0 Å². The first-order valence-corrected chi connectivity index (χ1v) is 23.3. The minimum Gasteiger partial charge on any atom is -0.493 e. The van der Waals surface area contributed by atoms with Gasteiger partial charge in [-0.1, -0.05) is 68.5 Å². The van der Waals surface area contributed by atoms with Crippen LogP contribution in [-0.2, 0) is 24.4 Å². The smallest absolute Gasteiger partial charge is 0.227 e. The Bertz CT molecular complexity index is 3060. The van der Waals surface area contributed by atoms with Crippen molar-refractivity contribution in [3.8, 4) is 45.1 Å². The van der Waals surface area contributed by atoms with Crippen LogP contribution in [0.25, 0.3) is 55.4 Å². The molecule has 0 amide bonds. The minimum atomic E-state index is 0.347. The molecule has 0 aliphatic carbocycles. The largest absolute Gasteiger partial charge is 0.493 e. The van der Waals surface area contributed by atoms with Crippen molar-refractivity contribution in [2.45, 2.75) is 40.0 Å². The molecule has 13 heteroatoms. The zero-order chi connectivity index (χ0) is 45.4. The fourth-order valence-electron chi connectivity index (χ4n) is 8.77. The average Bonchev–Trinajstić information content (AvgIpc) is 3.94. The van der Waals surface area contributed by atoms with E-state index in [2.05, 4.69) is 140 Å². The molecule has 13 nitrogen and oxygen atoms in total. The molecule has 0 spiro atoms. The maximum absolute atomic E-state index is 6.72. The Labute approximate surface area is 391 Å². The summed E-state index contributed by atoms with van der Waals surface area (Å²) in [6, 6.07) is 31.3. The zero-order valence-electron chi connectivity index (χ0n) is 38.1. The summed E-state index contributed by atoms with van der Waals surface area (Å²) in [7, 11) is 0. The molecule has 3 N–H and O–H groups in total. The van der Waals surface area contributed by atoms with Crippen molar-refractivity contribution >= 4 is 45.1 Å². The molecule has 0 radical (unpaired) electrons. The number of hydrogen-bond acceptors (Lipinski definition) is 11. The number of anilines is 4. The first-order chi connectivity index (χ1) is 33.1. The highest BCUT2D eigenvalue weighted by Crippen LogP contribution is 2.42. The number of benzene rings is 4. The molecule has 10 rings (SSSR count). The minimum absolute atomic E-state index is 0.347. The van der Waals surface area contributed by atoms with Crippen LogP contribution in [0.2, 0.25) is 0 Å². The van der Waals surface area contributed by atoms with Crippen molar-refractivity contribution in [2.24, 2.45) is 0 Å². The Hall–Kier alpha value is -7.32. The second-order valence-corrected chi connectivity index (χ2v) is 16.7. The van der Waals surface area contributed by atoms with Crippen LogP contribution in [0, 0.1) is 0 Å². The van der Waals surface area contributed by atoms with Crippen molar-refractivity contribution in [3.05, 3.63) is 146 Å². The van der Waals surface area contributed by atoms with E-state index in [0.29, 0.717) is 51.4 Å². The summed E-state index contributed by atoms with van der Waals surface area (Å²) in [5.74, 6) is 2.54. The van der Waals surface area contributed by atoms with Crippen LogP contribution < -0.4 is 25.4 Å². The predicted molar refractivity (Wildman–Crippen MR) is 269 cm³/mol. The van der Waals surface area contributed by atoms with E-state index in [1.165, 1.54) is 5.39 Å². The molecule has 2 aliphatic heterocycles. The Morgan fingerprint density at radius 2 is 1.54 bits per heavy atom. The highest BCUT2D eigenvalue weighted by Gasteiger charge is 2.20. The molecule has 0 atom stereocenters. The van der Waals surface area contributed by atoms with Gasteiger partial charge >= 0.3 is 0 Å². The van der Waals surface area contributed by atoms with E-state index in [1.807, 2.05) is 42.6 Å². The lowest BCUT2D eigenvalue weighted by Gasteiger charge is -2.19. The van der Waals surface area contributed by atoms with Crippen molar-refractivity contribution in [3.63, 3.8) is 0 Å². The molecule has 2 aliphatic rings. The molecule has 0 fully saturated rings. The Morgan fingerprint density at radius 3 is 2.39 bits per heavy atom. The third kappa shape index (κ3) is 10.1. The summed E-state index contributed by atoms with van der Waals surface area (Å²) in [6.07, 6.45) is 17.4. The lowest BCUT2D eigenvalue weighted by atomic mass is 9.99. The van der Waals surface area contributed by atoms with Gasteiger partial charge in [-0.25, -0.2) is 19.9 Å². The van der Waals surface area contributed by atoms with E-state index in [-0.39, 0.29) is 0 Å². The van der Waals surface area contributed by atoms with Gasteiger partial charge in [-0.15, -0.1) is 0 Å². The number of ether oxygens (including phenoxy) is 3. The fraction of sp³-hybridized carbons (Fsp3) is 0.259. The number of nitrogens with zero attached hydrogens (tertiary/aromatic N) is 7. The number of fused-ring (bicyclic) bond motifs is 12. The second kappa shape index (κ2) is 20.5. The highest BCUT2D eigenvalue weighted by atomic mass is 16.5. The number of aromatic nitrogens is 6. The molecule has 6 heterocycles. The van der Waals surface area contributed by atoms with Crippen LogP contribution in [0.3, 0.4) is 0 Å². The maximum Gasteiger partial charge on any atom is 0.227 e. The molecule has 8 aromatic rings. The van der Waals surface area contributed by atoms with Crippen LogP contribution in [0.4, 0.5) is 23.3 Å². The van der Waals surface area contributed by atoms with Gasteiger partial charge in [-0.3, -0.25) is 0 Å². The zero-order valence-corrected chi connectivity index (χ0v) is 38.1. The van der Waals surface area contributed by atoms with Crippen LogP contribution in [0.15, 0.2) is 140 Å². The summed E-state index contributed by atoms with van der Waals surface area (Å²) in [5, 5.41) is 12.9. The molecular weight excluding hydrogens is 837 g/mol. The van der Waals surface area contributed by atoms with Gasteiger partial charge in [0.2, 0.25) is 11.9 Å². The van der Waals surface area contributed by atoms with Crippen molar-refractivity contribution in [1.29, 1.82) is 0 Å². The lowest BCUT2D eigenvalue weighted by Crippen LogP contribution is -2.33. The molecule has 340 valence electrons. The van der Waals surface area contributed by atoms with Crippen molar-refractivity contribution in [1.82, 2.24) is 39.3 Å². The molecule has 4 aromatic heterocycles. The molecular formula is C54H56N10O3. The number of allylic oxidation sites excluding steroid dienone is 2. The number of hydrogen-bond donors (Lipinski definition) is 3.